The molecule has 2 rings (SSSR count). The minimum absolute atomic E-state index is 0.0944. The van der Waals surface area contributed by atoms with E-state index in [1.165, 1.54) is 12.3 Å². The van der Waals surface area contributed by atoms with Crippen LogP contribution in [-0.2, 0) is 9.59 Å². The molecule has 7 nitrogen and oxygen atoms in total. The van der Waals surface area contributed by atoms with Gasteiger partial charge in [-0.05, 0) is 29.5 Å². The molecule has 1 atom stereocenters. The van der Waals surface area contributed by atoms with Crippen molar-refractivity contribution in [3.63, 3.8) is 0 Å². The van der Waals surface area contributed by atoms with E-state index in [1.807, 2.05) is 31.4 Å². The molecule has 0 aliphatic carbocycles. The molecule has 0 aliphatic heterocycles. The van der Waals surface area contributed by atoms with Crippen LogP contribution in [0.25, 0.3) is 0 Å². The highest BCUT2D eigenvalue weighted by molar-refractivity contribution is 7.10. The maximum atomic E-state index is 12.1. The molecule has 3 amide bonds. The molecule has 0 bridgehead atoms. The molecular weight excluding hydrogens is 342 g/mol. The van der Waals surface area contributed by atoms with Crippen LogP contribution in [0.4, 0.5) is 0 Å². The molecule has 8 heteroatoms. The van der Waals surface area contributed by atoms with E-state index in [0.717, 1.165) is 4.88 Å². The second-order valence-electron chi connectivity index (χ2n) is 5.74. The molecule has 0 aromatic carbocycles. The van der Waals surface area contributed by atoms with Gasteiger partial charge in [-0.1, -0.05) is 19.9 Å². The van der Waals surface area contributed by atoms with Crippen LogP contribution in [0.15, 0.2) is 40.3 Å². The monoisotopic (exact) mass is 363 g/mol. The zero-order valence-electron chi connectivity index (χ0n) is 14.1. The Bertz CT molecular complexity index is 696. The summed E-state index contributed by atoms with van der Waals surface area (Å²) >= 11 is 1.58. The maximum Gasteiger partial charge on any atom is 0.287 e. The Kier molecular flexibility index (Phi) is 6.76. The number of hydrogen-bond acceptors (Lipinski definition) is 5. The highest BCUT2D eigenvalue weighted by atomic mass is 32.1. The molecule has 2 aromatic heterocycles. The third-order valence-electron chi connectivity index (χ3n) is 3.43. The Morgan fingerprint density at radius 3 is 2.44 bits per heavy atom. The first-order valence-corrected chi connectivity index (χ1v) is 8.76. The van der Waals surface area contributed by atoms with Crippen LogP contribution in [0, 0.1) is 5.92 Å². The van der Waals surface area contributed by atoms with Gasteiger partial charge in [-0.25, -0.2) is 0 Å². The van der Waals surface area contributed by atoms with Gasteiger partial charge >= 0.3 is 0 Å². The van der Waals surface area contributed by atoms with Crippen molar-refractivity contribution >= 4 is 29.1 Å². The van der Waals surface area contributed by atoms with Crippen LogP contribution in [0.3, 0.4) is 0 Å². The summed E-state index contributed by atoms with van der Waals surface area (Å²) in [6.45, 7) is 3.66. The zero-order chi connectivity index (χ0) is 18.2. The van der Waals surface area contributed by atoms with Crippen LogP contribution in [0.2, 0.25) is 0 Å². The van der Waals surface area contributed by atoms with Gasteiger partial charge in [-0.2, -0.15) is 0 Å². The highest BCUT2D eigenvalue weighted by Crippen LogP contribution is 2.25. The third-order valence-corrected chi connectivity index (χ3v) is 4.39. The van der Waals surface area contributed by atoms with Crippen LogP contribution in [0.5, 0.6) is 0 Å². The normalized spacial score (nSPS) is 11.8. The number of thiophene rings is 1. The first kappa shape index (κ1) is 18.7. The van der Waals surface area contributed by atoms with E-state index in [-0.39, 0.29) is 36.7 Å². The smallest absolute Gasteiger partial charge is 0.287 e. The predicted octanol–water partition coefficient (Wildman–Crippen LogP) is 1.70. The largest absolute Gasteiger partial charge is 0.459 e. The van der Waals surface area contributed by atoms with Crippen molar-refractivity contribution in [3.05, 3.63) is 46.5 Å². The quantitative estimate of drug-likeness (QED) is 0.664. The first-order valence-electron chi connectivity index (χ1n) is 7.88. The topological polar surface area (TPSA) is 100 Å². The number of carbonyl (C=O) groups excluding carboxylic acids is 3. The predicted molar refractivity (Wildman–Crippen MR) is 94.1 cm³/mol. The standard InChI is InChI=1S/C17H21N3O4S/c1-11(2)16(13-6-4-8-25-13)20-15(22)10-18-14(21)9-19-17(23)12-5-3-7-24-12/h3-8,11,16H,9-10H2,1-2H3,(H,18,21)(H,19,23)(H,20,22)/t16-/m0/s1. The molecule has 0 aliphatic rings. The summed E-state index contributed by atoms with van der Waals surface area (Å²) in [4.78, 5) is 36.5. The van der Waals surface area contributed by atoms with E-state index < -0.39 is 11.8 Å². The fourth-order valence-corrected chi connectivity index (χ4v) is 3.10. The van der Waals surface area contributed by atoms with Crippen molar-refractivity contribution in [3.8, 4) is 0 Å². The molecule has 0 unspecified atom stereocenters. The lowest BCUT2D eigenvalue weighted by atomic mass is 10.0. The van der Waals surface area contributed by atoms with Gasteiger partial charge in [0.25, 0.3) is 5.91 Å². The molecule has 2 heterocycles. The summed E-state index contributed by atoms with van der Waals surface area (Å²) in [5, 5.41) is 9.77. The van der Waals surface area contributed by atoms with Crippen molar-refractivity contribution in [2.45, 2.75) is 19.9 Å². The lowest BCUT2D eigenvalue weighted by molar-refractivity contribution is -0.126. The van der Waals surface area contributed by atoms with E-state index in [0.29, 0.717) is 0 Å². The van der Waals surface area contributed by atoms with E-state index in [2.05, 4.69) is 16.0 Å². The number of amides is 3. The Balaban J connectivity index is 1.73. The summed E-state index contributed by atoms with van der Waals surface area (Å²) in [6, 6.07) is 6.89. The number of carbonyl (C=O) groups is 3. The van der Waals surface area contributed by atoms with E-state index >= 15 is 0 Å². The Hall–Kier alpha value is -2.61. The average Bonchev–Trinajstić information content (AvgIpc) is 3.28. The summed E-state index contributed by atoms with van der Waals surface area (Å²) in [6.07, 6.45) is 1.37. The third kappa shape index (κ3) is 5.75. The molecule has 2 aromatic rings. The molecule has 0 spiro atoms. The molecule has 134 valence electrons. The van der Waals surface area contributed by atoms with Gasteiger partial charge in [0, 0.05) is 4.88 Å². The lowest BCUT2D eigenvalue weighted by Gasteiger charge is -2.21. The number of nitrogens with one attached hydrogen (secondary N) is 3. The Labute approximate surface area is 149 Å². The summed E-state index contributed by atoms with van der Waals surface area (Å²) < 4.78 is 4.92. The Morgan fingerprint density at radius 1 is 1.08 bits per heavy atom. The highest BCUT2D eigenvalue weighted by Gasteiger charge is 2.19. The van der Waals surface area contributed by atoms with Gasteiger partial charge in [0.2, 0.25) is 11.8 Å². The average molecular weight is 363 g/mol. The second-order valence-corrected chi connectivity index (χ2v) is 6.72. The lowest BCUT2D eigenvalue weighted by Crippen LogP contribution is -2.43. The van der Waals surface area contributed by atoms with Crippen molar-refractivity contribution in [1.29, 1.82) is 0 Å². The zero-order valence-corrected chi connectivity index (χ0v) is 14.9. The fraction of sp³-hybridized carbons (Fsp3) is 0.353. The number of rotatable bonds is 8. The minimum atomic E-state index is -0.484. The number of furan rings is 1. The van der Waals surface area contributed by atoms with Crippen LogP contribution < -0.4 is 16.0 Å². The summed E-state index contributed by atoms with van der Waals surface area (Å²) in [5.74, 6) is -0.862. The first-order chi connectivity index (χ1) is 12.0. The molecular formula is C17H21N3O4S. The van der Waals surface area contributed by atoms with Crippen molar-refractivity contribution in [2.75, 3.05) is 13.1 Å². The molecule has 0 saturated heterocycles. The van der Waals surface area contributed by atoms with Gasteiger partial charge in [-0.3, -0.25) is 14.4 Å². The van der Waals surface area contributed by atoms with Gasteiger partial charge in [0.15, 0.2) is 5.76 Å². The van der Waals surface area contributed by atoms with Crippen LogP contribution in [0.1, 0.15) is 35.3 Å². The Morgan fingerprint density at radius 2 is 1.84 bits per heavy atom. The maximum absolute atomic E-state index is 12.1. The van der Waals surface area contributed by atoms with Gasteiger partial charge in [0.1, 0.15) is 0 Å². The van der Waals surface area contributed by atoms with Gasteiger partial charge in [0.05, 0.1) is 25.4 Å². The number of hydrogen-bond donors (Lipinski definition) is 3. The van der Waals surface area contributed by atoms with Crippen molar-refractivity contribution in [2.24, 2.45) is 5.92 Å². The minimum Gasteiger partial charge on any atom is -0.459 e. The van der Waals surface area contributed by atoms with Crippen molar-refractivity contribution < 1.29 is 18.8 Å². The van der Waals surface area contributed by atoms with E-state index in [9.17, 15) is 14.4 Å². The summed E-state index contributed by atoms with van der Waals surface area (Å²) in [5.41, 5.74) is 0. The molecule has 0 radical (unpaired) electrons. The second kappa shape index (κ2) is 9.03. The van der Waals surface area contributed by atoms with Crippen molar-refractivity contribution in [1.82, 2.24) is 16.0 Å². The fourth-order valence-electron chi connectivity index (χ4n) is 2.16. The SMILES string of the molecule is CC(C)[C@H](NC(=O)CNC(=O)CNC(=O)c1ccco1)c1cccs1. The van der Waals surface area contributed by atoms with Crippen LogP contribution in [-0.4, -0.2) is 30.8 Å². The molecule has 25 heavy (non-hydrogen) atoms. The molecule has 3 N–H and O–H groups in total. The van der Waals surface area contributed by atoms with Gasteiger partial charge < -0.3 is 20.4 Å². The summed E-state index contributed by atoms with van der Waals surface area (Å²) in [7, 11) is 0. The van der Waals surface area contributed by atoms with E-state index in [1.54, 1.807) is 17.4 Å². The van der Waals surface area contributed by atoms with Gasteiger partial charge in [-0.15, -0.1) is 11.3 Å². The van der Waals surface area contributed by atoms with Crippen LogP contribution >= 0.6 is 11.3 Å². The molecule has 0 fully saturated rings. The molecule has 0 saturated carbocycles. The van der Waals surface area contributed by atoms with E-state index in [4.69, 9.17) is 4.42 Å².